The van der Waals surface area contributed by atoms with E-state index in [4.69, 9.17) is 4.74 Å². The summed E-state index contributed by atoms with van der Waals surface area (Å²) in [4.78, 5) is 13.7. The summed E-state index contributed by atoms with van der Waals surface area (Å²) >= 11 is 0. The molecule has 0 saturated carbocycles. The molecular weight excluding hydrogens is 214 g/mol. The average Bonchev–Trinajstić information content (AvgIpc) is 2.25. The van der Waals surface area contributed by atoms with Crippen molar-refractivity contribution in [2.75, 3.05) is 14.1 Å². The molecule has 0 spiro atoms. The van der Waals surface area contributed by atoms with Crippen molar-refractivity contribution in [2.45, 2.75) is 32.5 Å². The van der Waals surface area contributed by atoms with Gasteiger partial charge in [0.15, 0.2) is 6.10 Å². The van der Waals surface area contributed by atoms with Crippen molar-refractivity contribution < 1.29 is 9.53 Å². The number of carbonyl (C=O) groups is 1. The third-order valence-electron chi connectivity index (χ3n) is 2.24. The largest absolute Gasteiger partial charge is 0.358 e. The predicted octanol–water partition coefficient (Wildman–Crippen LogP) is 2.63. The zero-order valence-electron chi connectivity index (χ0n) is 11.2. The smallest absolute Gasteiger partial charge is 0.255 e. The highest BCUT2D eigenvalue weighted by Gasteiger charge is 2.27. The Morgan fingerprint density at radius 3 is 2.12 bits per heavy atom. The van der Waals surface area contributed by atoms with Crippen molar-refractivity contribution in [2.24, 2.45) is 0 Å². The van der Waals surface area contributed by atoms with E-state index < -0.39 is 6.10 Å². The Kier molecular flexibility index (Phi) is 4.29. The number of amides is 1. The molecule has 0 bridgehead atoms. The summed E-state index contributed by atoms with van der Waals surface area (Å²) in [6, 6.07) is 9.59. The van der Waals surface area contributed by atoms with Gasteiger partial charge in [-0.3, -0.25) is 4.79 Å². The normalized spacial score (nSPS) is 13.2. The van der Waals surface area contributed by atoms with E-state index >= 15 is 0 Å². The van der Waals surface area contributed by atoms with Crippen LogP contribution in [0.2, 0.25) is 0 Å². The minimum Gasteiger partial charge on any atom is -0.358 e. The van der Waals surface area contributed by atoms with Crippen LogP contribution in [0, 0.1) is 0 Å². The van der Waals surface area contributed by atoms with Gasteiger partial charge in [0.05, 0.1) is 5.60 Å². The van der Waals surface area contributed by atoms with Crippen LogP contribution in [0.15, 0.2) is 30.3 Å². The maximum Gasteiger partial charge on any atom is 0.255 e. The topological polar surface area (TPSA) is 29.5 Å². The minimum atomic E-state index is -0.536. The Morgan fingerprint density at radius 2 is 1.71 bits per heavy atom. The molecule has 17 heavy (non-hydrogen) atoms. The average molecular weight is 235 g/mol. The molecule has 0 fully saturated rings. The quantitative estimate of drug-likeness (QED) is 0.806. The van der Waals surface area contributed by atoms with Gasteiger partial charge in [-0.25, -0.2) is 0 Å². The Labute approximate surface area is 103 Å². The van der Waals surface area contributed by atoms with E-state index in [1.165, 1.54) is 0 Å². The first-order chi connectivity index (χ1) is 7.81. The zero-order chi connectivity index (χ0) is 13.1. The van der Waals surface area contributed by atoms with Gasteiger partial charge >= 0.3 is 0 Å². The Morgan fingerprint density at radius 1 is 1.18 bits per heavy atom. The number of hydrogen-bond acceptors (Lipinski definition) is 2. The van der Waals surface area contributed by atoms with Crippen LogP contribution in [0.4, 0.5) is 0 Å². The van der Waals surface area contributed by atoms with Crippen molar-refractivity contribution in [1.29, 1.82) is 0 Å². The molecule has 1 atom stereocenters. The Bertz CT molecular complexity index is 366. The van der Waals surface area contributed by atoms with Gasteiger partial charge in [0.2, 0.25) is 0 Å². The van der Waals surface area contributed by atoms with E-state index in [0.717, 1.165) is 5.56 Å². The maximum atomic E-state index is 12.1. The first-order valence-electron chi connectivity index (χ1n) is 5.75. The fourth-order valence-corrected chi connectivity index (χ4v) is 1.48. The SMILES string of the molecule is CN(C)C(=O)C(OC(C)(C)C)c1ccccc1. The van der Waals surface area contributed by atoms with E-state index in [-0.39, 0.29) is 11.5 Å². The molecule has 0 aliphatic heterocycles. The molecular formula is C14H21NO2. The van der Waals surface area contributed by atoms with Crippen LogP contribution in [0.1, 0.15) is 32.4 Å². The van der Waals surface area contributed by atoms with Gasteiger partial charge in [-0.2, -0.15) is 0 Å². The molecule has 0 heterocycles. The lowest BCUT2D eigenvalue weighted by molar-refractivity contribution is -0.151. The summed E-state index contributed by atoms with van der Waals surface area (Å²) < 4.78 is 5.86. The van der Waals surface area contributed by atoms with Crippen LogP contribution in [-0.4, -0.2) is 30.5 Å². The van der Waals surface area contributed by atoms with Gasteiger partial charge in [0, 0.05) is 14.1 Å². The standard InChI is InChI=1S/C14H21NO2/c1-14(2,3)17-12(13(16)15(4)5)11-9-7-6-8-10-11/h6-10,12H,1-5H3. The van der Waals surface area contributed by atoms with E-state index in [9.17, 15) is 4.79 Å². The van der Waals surface area contributed by atoms with Gasteiger partial charge in [-0.1, -0.05) is 30.3 Å². The second kappa shape index (κ2) is 5.32. The molecule has 0 aliphatic carbocycles. The number of benzene rings is 1. The molecule has 94 valence electrons. The van der Waals surface area contributed by atoms with Gasteiger partial charge in [-0.05, 0) is 26.3 Å². The molecule has 1 unspecified atom stereocenters. The van der Waals surface area contributed by atoms with Crippen molar-refractivity contribution in [3.05, 3.63) is 35.9 Å². The molecule has 3 nitrogen and oxygen atoms in total. The third-order valence-corrected chi connectivity index (χ3v) is 2.24. The van der Waals surface area contributed by atoms with Crippen LogP contribution in [-0.2, 0) is 9.53 Å². The Hall–Kier alpha value is -1.35. The highest BCUT2D eigenvalue weighted by molar-refractivity contribution is 5.81. The fraction of sp³-hybridized carbons (Fsp3) is 0.500. The van der Waals surface area contributed by atoms with Crippen molar-refractivity contribution in [1.82, 2.24) is 4.90 Å². The Balaban J connectivity index is 2.99. The highest BCUT2D eigenvalue weighted by atomic mass is 16.5. The molecule has 1 rings (SSSR count). The summed E-state index contributed by atoms with van der Waals surface area (Å²) in [6.07, 6.45) is -0.536. The summed E-state index contributed by atoms with van der Waals surface area (Å²) in [6.45, 7) is 5.85. The molecule has 1 aromatic rings. The van der Waals surface area contributed by atoms with E-state index in [0.29, 0.717) is 0 Å². The highest BCUT2D eigenvalue weighted by Crippen LogP contribution is 2.25. The number of nitrogens with zero attached hydrogens (tertiary/aromatic N) is 1. The van der Waals surface area contributed by atoms with Crippen LogP contribution in [0.5, 0.6) is 0 Å². The summed E-state index contributed by atoms with van der Waals surface area (Å²) in [7, 11) is 3.48. The lowest BCUT2D eigenvalue weighted by Crippen LogP contribution is -2.34. The van der Waals surface area contributed by atoms with Crippen LogP contribution < -0.4 is 0 Å². The summed E-state index contributed by atoms with van der Waals surface area (Å²) in [5.41, 5.74) is 0.535. The zero-order valence-corrected chi connectivity index (χ0v) is 11.2. The summed E-state index contributed by atoms with van der Waals surface area (Å²) in [5.74, 6) is -0.0360. The third kappa shape index (κ3) is 4.19. The van der Waals surface area contributed by atoms with Gasteiger partial charge in [0.25, 0.3) is 5.91 Å². The molecule has 0 radical (unpaired) electrons. The molecule has 0 aliphatic rings. The number of rotatable bonds is 3. The lowest BCUT2D eigenvalue weighted by Gasteiger charge is -2.28. The van der Waals surface area contributed by atoms with Crippen molar-refractivity contribution >= 4 is 5.91 Å². The first-order valence-corrected chi connectivity index (χ1v) is 5.75. The number of hydrogen-bond donors (Lipinski definition) is 0. The van der Waals surface area contributed by atoms with Crippen LogP contribution in [0.25, 0.3) is 0 Å². The molecule has 1 aromatic carbocycles. The predicted molar refractivity (Wildman–Crippen MR) is 68.7 cm³/mol. The van der Waals surface area contributed by atoms with Gasteiger partial charge in [-0.15, -0.1) is 0 Å². The molecule has 0 aromatic heterocycles. The number of carbonyl (C=O) groups excluding carboxylic acids is 1. The maximum absolute atomic E-state index is 12.1. The van der Waals surface area contributed by atoms with E-state index in [2.05, 4.69) is 0 Å². The fourth-order valence-electron chi connectivity index (χ4n) is 1.48. The first kappa shape index (κ1) is 13.7. The minimum absolute atomic E-state index is 0.0360. The lowest BCUT2D eigenvalue weighted by atomic mass is 10.1. The van der Waals surface area contributed by atoms with E-state index in [1.807, 2.05) is 51.1 Å². The second-order valence-electron chi connectivity index (χ2n) is 5.25. The monoisotopic (exact) mass is 235 g/mol. The number of likely N-dealkylation sites (N-methyl/N-ethyl adjacent to an activating group) is 1. The van der Waals surface area contributed by atoms with E-state index in [1.54, 1.807) is 19.0 Å². The van der Waals surface area contributed by atoms with Gasteiger partial charge in [0.1, 0.15) is 0 Å². The van der Waals surface area contributed by atoms with Crippen LogP contribution in [0.3, 0.4) is 0 Å². The van der Waals surface area contributed by atoms with Crippen molar-refractivity contribution in [3.8, 4) is 0 Å². The molecule has 1 amide bonds. The number of ether oxygens (including phenoxy) is 1. The molecule has 3 heteroatoms. The van der Waals surface area contributed by atoms with Crippen molar-refractivity contribution in [3.63, 3.8) is 0 Å². The second-order valence-corrected chi connectivity index (χ2v) is 5.25. The molecule has 0 saturated heterocycles. The van der Waals surface area contributed by atoms with Crippen LogP contribution >= 0.6 is 0 Å². The van der Waals surface area contributed by atoms with Gasteiger partial charge < -0.3 is 9.64 Å². The molecule has 0 N–H and O–H groups in total. The summed E-state index contributed by atoms with van der Waals surface area (Å²) in [5, 5.41) is 0.